The van der Waals surface area contributed by atoms with Crippen LogP contribution in [0.3, 0.4) is 0 Å². The number of ether oxygens (including phenoxy) is 3. The summed E-state index contributed by atoms with van der Waals surface area (Å²) in [4.78, 5) is 23.8. The summed E-state index contributed by atoms with van der Waals surface area (Å²) < 4.78 is 15.7. The zero-order chi connectivity index (χ0) is 21.2. The molecule has 3 rings (SSSR count). The second-order valence-electron chi connectivity index (χ2n) is 6.77. The number of thioether (sulfide) groups is 1. The van der Waals surface area contributed by atoms with Crippen molar-refractivity contribution in [2.45, 2.75) is 17.5 Å². The Morgan fingerprint density at radius 3 is 2.80 bits per heavy atom. The van der Waals surface area contributed by atoms with E-state index in [0.29, 0.717) is 49.4 Å². The van der Waals surface area contributed by atoms with Gasteiger partial charge in [0.15, 0.2) is 5.16 Å². The first-order chi connectivity index (χ1) is 14.7. The van der Waals surface area contributed by atoms with Gasteiger partial charge in [0.25, 0.3) is 5.91 Å². The molecule has 0 aliphatic carbocycles. The first-order valence-electron chi connectivity index (χ1n) is 9.88. The quantitative estimate of drug-likeness (QED) is 0.347. The Bertz CT molecular complexity index is 830. The van der Waals surface area contributed by atoms with Gasteiger partial charge in [0, 0.05) is 51.2 Å². The minimum Gasteiger partial charge on any atom is -0.383 e. The van der Waals surface area contributed by atoms with Crippen LogP contribution in [0.25, 0.3) is 0 Å². The van der Waals surface area contributed by atoms with Gasteiger partial charge in [-0.1, -0.05) is 23.9 Å². The van der Waals surface area contributed by atoms with E-state index in [9.17, 15) is 4.79 Å². The standard InChI is InChI=1S/C21H28N4O4S/c1-27-9-6-22-20(26)17-5-3-4-16(12-17)15-30-21-23-18(14-28-2)13-19(24-21)25-7-10-29-11-8-25/h3-5,12-13H,6-11,14-15H2,1-2H3,(H,22,26). The van der Waals surface area contributed by atoms with Crippen LogP contribution in [0.4, 0.5) is 5.82 Å². The molecule has 1 aliphatic heterocycles. The molecule has 9 heteroatoms. The van der Waals surface area contributed by atoms with Gasteiger partial charge in [0.05, 0.1) is 32.1 Å². The molecule has 1 aromatic carbocycles. The molecule has 0 spiro atoms. The number of carbonyl (C=O) groups is 1. The van der Waals surface area contributed by atoms with E-state index < -0.39 is 0 Å². The Morgan fingerprint density at radius 1 is 1.20 bits per heavy atom. The van der Waals surface area contributed by atoms with E-state index in [1.54, 1.807) is 26.0 Å². The smallest absolute Gasteiger partial charge is 0.251 e. The highest BCUT2D eigenvalue weighted by atomic mass is 32.2. The minimum atomic E-state index is -0.105. The van der Waals surface area contributed by atoms with E-state index in [1.165, 1.54) is 0 Å². The van der Waals surface area contributed by atoms with E-state index in [4.69, 9.17) is 19.2 Å². The number of anilines is 1. The van der Waals surface area contributed by atoms with E-state index in [2.05, 4.69) is 15.2 Å². The van der Waals surface area contributed by atoms with Crippen molar-refractivity contribution in [2.75, 3.05) is 58.6 Å². The molecule has 162 valence electrons. The maximum absolute atomic E-state index is 12.3. The van der Waals surface area contributed by atoms with Gasteiger partial charge in [-0.25, -0.2) is 9.97 Å². The number of hydrogen-bond donors (Lipinski definition) is 1. The number of amides is 1. The van der Waals surface area contributed by atoms with Gasteiger partial charge in [-0.05, 0) is 17.7 Å². The van der Waals surface area contributed by atoms with E-state index in [-0.39, 0.29) is 5.91 Å². The largest absolute Gasteiger partial charge is 0.383 e. The lowest BCUT2D eigenvalue weighted by molar-refractivity contribution is 0.0937. The molecule has 30 heavy (non-hydrogen) atoms. The Balaban J connectivity index is 1.68. The molecule has 1 saturated heterocycles. The average Bonchev–Trinajstić information content (AvgIpc) is 2.79. The first kappa shape index (κ1) is 22.5. The lowest BCUT2D eigenvalue weighted by Gasteiger charge is -2.28. The van der Waals surface area contributed by atoms with E-state index in [0.717, 1.165) is 30.2 Å². The van der Waals surface area contributed by atoms with Crippen LogP contribution < -0.4 is 10.2 Å². The Labute approximate surface area is 181 Å². The number of carbonyl (C=O) groups excluding carboxylic acids is 1. The molecule has 2 heterocycles. The van der Waals surface area contributed by atoms with Gasteiger partial charge in [-0.3, -0.25) is 4.79 Å². The molecule has 1 N–H and O–H groups in total. The summed E-state index contributed by atoms with van der Waals surface area (Å²) in [5.41, 5.74) is 2.52. The highest BCUT2D eigenvalue weighted by Crippen LogP contribution is 2.24. The molecule has 0 unspecified atom stereocenters. The molecule has 0 saturated carbocycles. The average molecular weight is 433 g/mol. The number of hydrogen-bond acceptors (Lipinski definition) is 8. The fourth-order valence-corrected chi connectivity index (χ4v) is 3.83. The molecular formula is C21H28N4O4S. The number of aromatic nitrogens is 2. The maximum atomic E-state index is 12.3. The van der Waals surface area contributed by atoms with Gasteiger partial charge in [0.2, 0.25) is 0 Å². The predicted molar refractivity (Wildman–Crippen MR) is 116 cm³/mol. The van der Waals surface area contributed by atoms with Crippen molar-refractivity contribution in [3.05, 3.63) is 47.2 Å². The van der Waals surface area contributed by atoms with Crippen LogP contribution in [-0.2, 0) is 26.6 Å². The van der Waals surface area contributed by atoms with Crippen molar-refractivity contribution in [3.8, 4) is 0 Å². The summed E-state index contributed by atoms with van der Waals surface area (Å²) in [5, 5.41) is 3.54. The molecule has 0 bridgehead atoms. The van der Waals surface area contributed by atoms with Crippen molar-refractivity contribution in [3.63, 3.8) is 0 Å². The summed E-state index contributed by atoms with van der Waals surface area (Å²) in [6.45, 7) is 4.43. The first-order valence-corrected chi connectivity index (χ1v) is 10.9. The van der Waals surface area contributed by atoms with Crippen molar-refractivity contribution >= 4 is 23.5 Å². The van der Waals surface area contributed by atoms with Crippen molar-refractivity contribution < 1.29 is 19.0 Å². The Morgan fingerprint density at radius 2 is 2.03 bits per heavy atom. The third-order valence-corrected chi connectivity index (χ3v) is 5.44. The second-order valence-corrected chi connectivity index (χ2v) is 7.71. The van der Waals surface area contributed by atoms with Crippen LogP contribution in [0.5, 0.6) is 0 Å². The van der Waals surface area contributed by atoms with E-state index in [1.807, 2.05) is 30.3 Å². The van der Waals surface area contributed by atoms with Crippen LogP contribution in [-0.4, -0.2) is 69.5 Å². The van der Waals surface area contributed by atoms with Gasteiger partial charge >= 0.3 is 0 Å². The zero-order valence-corrected chi connectivity index (χ0v) is 18.2. The van der Waals surface area contributed by atoms with Gasteiger partial charge in [0.1, 0.15) is 5.82 Å². The van der Waals surface area contributed by atoms with Crippen molar-refractivity contribution in [1.82, 2.24) is 15.3 Å². The third kappa shape index (κ3) is 6.66. The van der Waals surface area contributed by atoms with Crippen molar-refractivity contribution in [2.24, 2.45) is 0 Å². The Hall–Kier alpha value is -2.20. The molecule has 2 aromatic rings. The normalized spacial score (nSPS) is 14.0. The molecule has 0 radical (unpaired) electrons. The molecule has 1 aromatic heterocycles. The fourth-order valence-electron chi connectivity index (χ4n) is 3.02. The van der Waals surface area contributed by atoms with Crippen LogP contribution >= 0.6 is 11.8 Å². The van der Waals surface area contributed by atoms with Gasteiger partial charge < -0.3 is 24.4 Å². The van der Waals surface area contributed by atoms with Gasteiger partial charge in [-0.15, -0.1) is 0 Å². The number of rotatable bonds is 10. The molecule has 0 atom stereocenters. The van der Waals surface area contributed by atoms with Crippen LogP contribution in [0.2, 0.25) is 0 Å². The molecule has 1 amide bonds. The van der Waals surface area contributed by atoms with Crippen LogP contribution in [0, 0.1) is 0 Å². The summed E-state index contributed by atoms with van der Waals surface area (Å²) in [6.07, 6.45) is 0. The van der Waals surface area contributed by atoms with Crippen LogP contribution in [0.1, 0.15) is 21.6 Å². The zero-order valence-electron chi connectivity index (χ0n) is 17.4. The highest BCUT2D eigenvalue weighted by Gasteiger charge is 2.15. The number of methoxy groups -OCH3 is 2. The van der Waals surface area contributed by atoms with Gasteiger partial charge in [-0.2, -0.15) is 0 Å². The number of nitrogens with one attached hydrogen (secondary N) is 1. The maximum Gasteiger partial charge on any atom is 0.251 e. The van der Waals surface area contributed by atoms with Crippen LogP contribution in [0.15, 0.2) is 35.5 Å². The summed E-state index contributed by atoms with van der Waals surface area (Å²) in [7, 11) is 3.27. The second kappa shape index (κ2) is 11.8. The lowest BCUT2D eigenvalue weighted by Crippen LogP contribution is -2.37. The summed E-state index contributed by atoms with van der Waals surface area (Å²) >= 11 is 1.55. The lowest BCUT2D eigenvalue weighted by atomic mass is 10.1. The molecule has 8 nitrogen and oxygen atoms in total. The van der Waals surface area contributed by atoms with E-state index >= 15 is 0 Å². The SMILES string of the molecule is COCCNC(=O)c1cccc(CSc2nc(COC)cc(N3CCOCC3)n2)c1. The monoisotopic (exact) mass is 432 g/mol. The third-order valence-electron chi connectivity index (χ3n) is 4.52. The Kier molecular flexibility index (Phi) is 8.88. The number of nitrogens with zero attached hydrogens (tertiary/aromatic N) is 3. The highest BCUT2D eigenvalue weighted by molar-refractivity contribution is 7.98. The summed E-state index contributed by atoms with van der Waals surface area (Å²) in [6, 6.07) is 9.58. The topological polar surface area (TPSA) is 85.8 Å². The predicted octanol–water partition coefficient (Wildman–Crippen LogP) is 2.13. The number of morpholine rings is 1. The molecular weight excluding hydrogens is 404 g/mol. The number of benzene rings is 1. The minimum absolute atomic E-state index is 0.105. The fraction of sp³-hybridized carbons (Fsp3) is 0.476. The molecule has 1 fully saturated rings. The van der Waals surface area contributed by atoms with Crippen molar-refractivity contribution in [1.29, 1.82) is 0 Å². The molecule has 1 aliphatic rings. The summed E-state index contributed by atoms with van der Waals surface area (Å²) in [5.74, 6) is 1.46.